The average Bonchev–Trinajstić information content (AvgIpc) is 2.50. The quantitative estimate of drug-likeness (QED) is 0.610. The zero-order valence-corrected chi connectivity index (χ0v) is 14.4. The molecule has 0 aromatic heterocycles. The fourth-order valence-electron chi connectivity index (χ4n) is 2.39. The summed E-state index contributed by atoms with van der Waals surface area (Å²) in [5.74, 6) is 0.0596. The standard InChI is InChI=1S/C18H29NO4/c1-18(2,10-5-8-17(20)21)13-23-11-9-16(19)14-6-4-7-15(12-14)22-3/h4,6-7,12,16H,5,8-11,13,19H2,1-3H3,(H,20,21)/t16-/m0/s1. The molecular formula is C18H29NO4. The van der Waals surface area contributed by atoms with Gasteiger partial charge in [-0.25, -0.2) is 0 Å². The van der Waals surface area contributed by atoms with Crippen molar-refractivity contribution in [3.63, 3.8) is 0 Å². The molecule has 23 heavy (non-hydrogen) atoms. The number of hydrogen-bond acceptors (Lipinski definition) is 4. The Bertz CT molecular complexity index is 488. The van der Waals surface area contributed by atoms with Crippen LogP contribution in [-0.2, 0) is 9.53 Å². The minimum atomic E-state index is -0.744. The van der Waals surface area contributed by atoms with E-state index < -0.39 is 5.97 Å². The highest BCUT2D eigenvalue weighted by Crippen LogP contribution is 2.24. The van der Waals surface area contributed by atoms with Crippen molar-refractivity contribution in [2.24, 2.45) is 11.1 Å². The van der Waals surface area contributed by atoms with Crippen LogP contribution >= 0.6 is 0 Å². The number of benzene rings is 1. The molecule has 0 fully saturated rings. The fourth-order valence-corrected chi connectivity index (χ4v) is 2.39. The number of ether oxygens (including phenoxy) is 2. The van der Waals surface area contributed by atoms with E-state index in [-0.39, 0.29) is 17.9 Å². The number of carbonyl (C=O) groups is 1. The van der Waals surface area contributed by atoms with Crippen LogP contribution in [0.2, 0.25) is 0 Å². The third-order valence-corrected chi connectivity index (χ3v) is 3.83. The molecule has 1 aromatic carbocycles. The molecule has 1 atom stereocenters. The molecule has 0 saturated heterocycles. The Morgan fingerprint density at radius 1 is 1.39 bits per heavy atom. The number of aliphatic carboxylic acids is 1. The number of carboxylic acids is 1. The van der Waals surface area contributed by atoms with Crippen molar-refractivity contribution in [3.8, 4) is 5.75 Å². The summed E-state index contributed by atoms with van der Waals surface area (Å²) >= 11 is 0. The lowest BCUT2D eigenvalue weighted by molar-refractivity contribution is -0.137. The van der Waals surface area contributed by atoms with E-state index in [1.807, 2.05) is 24.3 Å². The second-order valence-corrected chi connectivity index (χ2v) is 6.64. The highest BCUT2D eigenvalue weighted by Gasteiger charge is 2.18. The molecular weight excluding hydrogens is 294 g/mol. The Kier molecular flexibility index (Phi) is 8.06. The molecule has 0 aliphatic rings. The summed E-state index contributed by atoms with van der Waals surface area (Å²) in [7, 11) is 1.64. The van der Waals surface area contributed by atoms with E-state index in [0.717, 1.165) is 24.2 Å². The van der Waals surface area contributed by atoms with E-state index in [2.05, 4.69) is 13.8 Å². The van der Waals surface area contributed by atoms with Gasteiger partial charge in [0, 0.05) is 19.1 Å². The van der Waals surface area contributed by atoms with Gasteiger partial charge in [0.1, 0.15) is 5.75 Å². The van der Waals surface area contributed by atoms with Gasteiger partial charge in [-0.3, -0.25) is 4.79 Å². The summed E-state index contributed by atoms with van der Waals surface area (Å²) in [6, 6.07) is 7.68. The monoisotopic (exact) mass is 323 g/mol. The van der Waals surface area contributed by atoms with Crippen molar-refractivity contribution in [1.82, 2.24) is 0 Å². The lowest BCUT2D eigenvalue weighted by Gasteiger charge is -2.24. The molecule has 0 saturated carbocycles. The van der Waals surface area contributed by atoms with E-state index in [9.17, 15) is 4.79 Å². The minimum absolute atomic E-state index is 0.0183. The van der Waals surface area contributed by atoms with Gasteiger partial charge in [0.05, 0.1) is 13.7 Å². The molecule has 0 heterocycles. The number of hydrogen-bond donors (Lipinski definition) is 2. The molecule has 130 valence electrons. The lowest BCUT2D eigenvalue weighted by atomic mass is 9.88. The minimum Gasteiger partial charge on any atom is -0.497 e. The Morgan fingerprint density at radius 3 is 2.78 bits per heavy atom. The van der Waals surface area contributed by atoms with Crippen molar-refractivity contribution >= 4 is 5.97 Å². The van der Waals surface area contributed by atoms with Gasteiger partial charge in [-0.15, -0.1) is 0 Å². The molecule has 0 radical (unpaired) electrons. The highest BCUT2D eigenvalue weighted by molar-refractivity contribution is 5.66. The summed E-state index contributed by atoms with van der Waals surface area (Å²) < 4.78 is 10.9. The zero-order valence-electron chi connectivity index (χ0n) is 14.4. The van der Waals surface area contributed by atoms with Gasteiger partial charge >= 0.3 is 5.97 Å². The summed E-state index contributed by atoms with van der Waals surface area (Å²) in [5, 5.41) is 8.68. The first-order valence-electron chi connectivity index (χ1n) is 8.03. The van der Waals surface area contributed by atoms with Gasteiger partial charge in [-0.05, 0) is 42.4 Å². The van der Waals surface area contributed by atoms with E-state index in [0.29, 0.717) is 19.6 Å². The number of methoxy groups -OCH3 is 1. The van der Waals surface area contributed by atoms with Crippen molar-refractivity contribution in [3.05, 3.63) is 29.8 Å². The van der Waals surface area contributed by atoms with Crippen LogP contribution in [0.5, 0.6) is 5.75 Å². The molecule has 1 rings (SSSR count). The average molecular weight is 323 g/mol. The van der Waals surface area contributed by atoms with E-state index in [1.165, 1.54) is 0 Å². The van der Waals surface area contributed by atoms with Gasteiger partial charge in [0.25, 0.3) is 0 Å². The van der Waals surface area contributed by atoms with Crippen molar-refractivity contribution in [2.45, 2.75) is 45.6 Å². The first-order chi connectivity index (χ1) is 10.8. The molecule has 1 aromatic rings. The molecule has 0 aliphatic carbocycles. The lowest BCUT2D eigenvalue weighted by Crippen LogP contribution is -2.21. The molecule has 5 heteroatoms. The van der Waals surface area contributed by atoms with Crippen LogP contribution in [0.3, 0.4) is 0 Å². The predicted octanol–water partition coefficient (Wildman–Crippen LogP) is 3.38. The maximum Gasteiger partial charge on any atom is 0.303 e. The van der Waals surface area contributed by atoms with Crippen LogP contribution in [0.4, 0.5) is 0 Å². The van der Waals surface area contributed by atoms with Crippen LogP contribution in [0.25, 0.3) is 0 Å². The predicted molar refractivity (Wildman–Crippen MR) is 90.6 cm³/mol. The van der Waals surface area contributed by atoms with Crippen molar-refractivity contribution < 1.29 is 19.4 Å². The maximum atomic E-state index is 10.5. The van der Waals surface area contributed by atoms with Crippen LogP contribution in [0, 0.1) is 5.41 Å². The molecule has 0 bridgehead atoms. The van der Waals surface area contributed by atoms with Crippen molar-refractivity contribution in [2.75, 3.05) is 20.3 Å². The number of carboxylic acid groups (broad SMARTS) is 1. The molecule has 0 unspecified atom stereocenters. The second kappa shape index (κ2) is 9.53. The Labute approximate surface area is 138 Å². The van der Waals surface area contributed by atoms with Crippen molar-refractivity contribution in [1.29, 1.82) is 0 Å². The van der Waals surface area contributed by atoms with Crippen LogP contribution in [0.15, 0.2) is 24.3 Å². The largest absolute Gasteiger partial charge is 0.497 e. The summed E-state index contributed by atoms with van der Waals surface area (Å²) in [4.78, 5) is 10.5. The highest BCUT2D eigenvalue weighted by atomic mass is 16.5. The summed E-state index contributed by atoms with van der Waals surface area (Å²) in [6.07, 6.45) is 2.46. The fraction of sp³-hybridized carbons (Fsp3) is 0.611. The maximum absolute atomic E-state index is 10.5. The third-order valence-electron chi connectivity index (χ3n) is 3.83. The van der Waals surface area contributed by atoms with E-state index in [4.69, 9.17) is 20.3 Å². The SMILES string of the molecule is COc1cccc([C@@H](N)CCOCC(C)(C)CCCC(=O)O)c1. The topological polar surface area (TPSA) is 81.8 Å². The molecule has 0 spiro atoms. The zero-order chi connectivity index (χ0) is 17.3. The summed E-state index contributed by atoms with van der Waals surface area (Å²) in [5.41, 5.74) is 7.20. The summed E-state index contributed by atoms with van der Waals surface area (Å²) in [6.45, 7) is 5.38. The second-order valence-electron chi connectivity index (χ2n) is 6.64. The van der Waals surface area contributed by atoms with Crippen LogP contribution < -0.4 is 10.5 Å². The first-order valence-corrected chi connectivity index (χ1v) is 8.03. The number of rotatable bonds is 11. The van der Waals surface area contributed by atoms with Gasteiger partial charge in [-0.1, -0.05) is 26.0 Å². The third kappa shape index (κ3) is 8.00. The van der Waals surface area contributed by atoms with Crippen LogP contribution in [-0.4, -0.2) is 31.4 Å². The normalized spacial score (nSPS) is 12.9. The molecule has 3 N–H and O–H groups in total. The van der Waals surface area contributed by atoms with Gasteiger partial charge in [0.2, 0.25) is 0 Å². The first kappa shape index (κ1) is 19.5. The van der Waals surface area contributed by atoms with Gasteiger partial charge < -0.3 is 20.3 Å². The number of nitrogens with two attached hydrogens (primary N) is 1. The van der Waals surface area contributed by atoms with Gasteiger partial charge in [-0.2, -0.15) is 0 Å². The molecule has 0 aliphatic heterocycles. The Morgan fingerprint density at radius 2 is 2.13 bits per heavy atom. The van der Waals surface area contributed by atoms with Crippen LogP contribution in [0.1, 0.15) is 51.1 Å². The molecule has 5 nitrogen and oxygen atoms in total. The van der Waals surface area contributed by atoms with E-state index >= 15 is 0 Å². The van der Waals surface area contributed by atoms with E-state index in [1.54, 1.807) is 7.11 Å². The van der Waals surface area contributed by atoms with Gasteiger partial charge in [0.15, 0.2) is 0 Å². The molecule has 0 amide bonds. The Hall–Kier alpha value is -1.59. The smallest absolute Gasteiger partial charge is 0.303 e. The Balaban J connectivity index is 2.28.